The van der Waals surface area contributed by atoms with Crippen LogP contribution in [0.3, 0.4) is 0 Å². The van der Waals surface area contributed by atoms with Crippen LogP contribution in [0, 0.1) is 5.82 Å². The van der Waals surface area contributed by atoms with Gasteiger partial charge in [0.1, 0.15) is 11.8 Å². The standard InChI is InChI=1S/C16H27FN2O5Si/c1-15(2,3)25(5,6)24-11-7-12(23-16(11,4)9-20)19-8-10(17)13(21)18-14(19)22/h8,11-12,20H,7,9H2,1-6H3,(H,18,21,22)/t11?,12-,16-/m1/s1. The number of nitrogens with one attached hydrogen (secondary N) is 1. The lowest BCUT2D eigenvalue weighted by Gasteiger charge is -2.41. The van der Waals surface area contributed by atoms with Crippen LogP contribution >= 0.6 is 0 Å². The van der Waals surface area contributed by atoms with Gasteiger partial charge in [-0.05, 0) is 25.1 Å². The van der Waals surface area contributed by atoms with Gasteiger partial charge in [-0.15, -0.1) is 0 Å². The van der Waals surface area contributed by atoms with Crippen molar-refractivity contribution >= 4 is 8.32 Å². The molecule has 0 bridgehead atoms. The minimum absolute atomic E-state index is 0.0393. The second-order valence-electron chi connectivity index (χ2n) is 8.29. The Morgan fingerprint density at radius 3 is 2.60 bits per heavy atom. The number of nitrogens with zero attached hydrogens (tertiary/aromatic N) is 1. The molecule has 142 valence electrons. The van der Waals surface area contributed by atoms with Gasteiger partial charge < -0.3 is 14.3 Å². The van der Waals surface area contributed by atoms with Crippen molar-refractivity contribution in [2.45, 2.75) is 70.2 Å². The van der Waals surface area contributed by atoms with E-state index in [1.807, 2.05) is 4.98 Å². The van der Waals surface area contributed by atoms with Gasteiger partial charge in [0.05, 0.1) is 18.9 Å². The molecule has 0 aromatic carbocycles. The molecule has 9 heteroatoms. The van der Waals surface area contributed by atoms with Crippen LogP contribution in [0.4, 0.5) is 4.39 Å². The van der Waals surface area contributed by atoms with E-state index in [0.717, 1.165) is 10.8 Å². The Morgan fingerprint density at radius 2 is 2.08 bits per heavy atom. The zero-order chi connectivity index (χ0) is 19.2. The fourth-order valence-electron chi connectivity index (χ4n) is 2.56. The Kier molecular flexibility index (Phi) is 5.17. The molecule has 1 fully saturated rings. The molecule has 0 aliphatic carbocycles. The van der Waals surface area contributed by atoms with Crippen molar-refractivity contribution in [3.05, 3.63) is 32.9 Å². The highest BCUT2D eigenvalue weighted by atomic mass is 28.4. The number of H-pyrrole nitrogens is 1. The van der Waals surface area contributed by atoms with Crippen molar-refractivity contribution in [3.63, 3.8) is 0 Å². The van der Waals surface area contributed by atoms with E-state index in [2.05, 4.69) is 33.9 Å². The van der Waals surface area contributed by atoms with Crippen molar-refractivity contribution < 1.29 is 18.7 Å². The van der Waals surface area contributed by atoms with E-state index in [9.17, 15) is 19.1 Å². The first-order valence-electron chi connectivity index (χ1n) is 8.28. The number of halogens is 1. The molecule has 0 amide bonds. The highest BCUT2D eigenvalue weighted by molar-refractivity contribution is 6.74. The molecule has 2 heterocycles. The first-order valence-corrected chi connectivity index (χ1v) is 11.2. The molecule has 2 rings (SSSR count). The minimum atomic E-state index is -2.15. The normalized spacial score (nSPS) is 27.7. The van der Waals surface area contributed by atoms with Gasteiger partial charge in [-0.25, -0.2) is 4.79 Å². The van der Waals surface area contributed by atoms with Crippen LogP contribution in [0.2, 0.25) is 18.1 Å². The third kappa shape index (κ3) is 3.79. The van der Waals surface area contributed by atoms with Crippen LogP contribution in [-0.4, -0.2) is 41.3 Å². The summed E-state index contributed by atoms with van der Waals surface area (Å²) in [5.74, 6) is -1.07. The van der Waals surface area contributed by atoms with E-state index in [1.165, 1.54) is 0 Å². The van der Waals surface area contributed by atoms with E-state index in [-0.39, 0.29) is 18.1 Å². The first kappa shape index (κ1) is 20.0. The molecule has 0 saturated carbocycles. The molecule has 25 heavy (non-hydrogen) atoms. The predicted molar refractivity (Wildman–Crippen MR) is 93.6 cm³/mol. The number of hydrogen-bond donors (Lipinski definition) is 2. The minimum Gasteiger partial charge on any atom is -0.411 e. The zero-order valence-electron chi connectivity index (χ0n) is 15.6. The molecular weight excluding hydrogens is 347 g/mol. The molecule has 1 unspecified atom stereocenters. The van der Waals surface area contributed by atoms with E-state index < -0.39 is 43.3 Å². The maximum atomic E-state index is 13.6. The van der Waals surface area contributed by atoms with Crippen molar-refractivity contribution in [1.29, 1.82) is 0 Å². The van der Waals surface area contributed by atoms with Crippen molar-refractivity contribution in [1.82, 2.24) is 9.55 Å². The van der Waals surface area contributed by atoms with Crippen LogP contribution in [-0.2, 0) is 9.16 Å². The van der Waals surface area contributed by atoms with Crippen molar-refractivity contribution in [2.24, 2.45) is 0 Å². The van der Waals surface area contributed by atoms with E-state index >= 15 is 0 Å². The summed E-state index contributed by atoms with van der Waals surface area (Å²) < 4.78 is 26.8. The summed E-state index contributed by atoms with van der Waals surface area (Å²) in [6.45, 7) is 11.9. The number of aliphatic hydroxyl groups excluding tert-OH is 1. The van der Waals surface area contributed by atoms with Gasteiger partial charge in [-0.2, -0.15) is 4.39 Å². The van der Waals surface area contributed by atoms with Crippen molar-refractivity contribution in [3.8, 4) is 0 Å². The lowest BCUT2D eigenvalue weighted by atomic mass is 10.0. The second kappa shape index (κ2) is 6.46. The molecule has 1 saturated heterocycles. The molecule has 1 aliphatic heterocycles. The first-order chi connectivity index (χ1) is 11.3. The number of rotatable bonds is 4. The zero-order valence-corrected chi connectivity index (χ0v) is 16.6. The molecule has 3 atom stereocenters. The van der Waals surface area contributed by atoms with Gasteiger partial charge in [0.2, 0.25) is 5.82 Å². The summed E-state index contributed by atoms with van der Waals surface area (Å²) in [4.78, 5) is 25.1. The summed E-state index contributed by atoms with van der Waals surface area (Å²) >= 11 is 0. The Labute approximate surface area is 146 Å². The molecular formula is C16H27FN2O5Si. The average molecular weight is 374 g/mol. The second-order valence-corrected chi connectivity index (χ2v) is 13.0. The van der Waals surface area contributed by atoms with Crippen LogP contribution in [0.15, 0.2) is 15.8 Å². The summed E-state index contributed by atoms with van der Waals surface area (Å²) in [5.41, 5.74) is -2.85. The van der Waals surface area contributed by atoms with Gasteiger partial charge in [0.15, 0.2) is 8.32 Å². The summed E-state index contributed by atoms with van der Waals surface area (Å²) in [6.07, 6.45) is -0.177. The summed E-state index contributed by atoms with van der Waals surface area (Å²) in [6, 6.07) is 0. The summed E-state index contributed by atoms with van der Waals surface area (Å²) in [7, 11) is -2.15. The van der Waals surface area contributed by atoms with E-state index in [0.29, 0.717) is 0 Å². The van der Waals surface area contributed by atoms with Gasteiger partial charge in [-0.1, -0.05) is 20.8 Å². The van der Waals surface area contributed by atoms with Gasteiger partial charge in [-0.3, -0.25) is 14.3 Å². The van der Waals surface area contributed by atoms with E-state index in [1.54, 1.807) is 6.92 Å². The quantitative estimate of drug-likeness (QED) is 0.783. The van der Waals surface area contributed by atoms with Crippen LogP contribution < -0.4 is 11.2 Å². The van der Waals surface area contributed by atoms with Crippen LogP contribution in [0.1, 0.15) is 40.3 Å². The summed E-state index contributed by atoms with van der Waals surface area (Å²) in [5, 5.41) is 9.78. The van der Waals surface area contributed by atoms with Crippen molar-refractivity contribution in [2.75, 3.05) is 6.61 Å². The number of aromatic nitrogens is 2. The molecule has 7 nitrogen and oxygen atoms in total. The third-order valence-electron chi connectivity index (χ3n) is 5.29. The predicted octanol–water partition coefficient (Wildman–Crippen LogP) is 1.74. The lowest BCUT2D eigenvalue weighted by Crippen LogP contribution is -2.50. The van der Waals surface area contributed by atoms with Crippen LogP contribution in [0.25, 0.3) is 0 Å². The molecule has 0 radical (unpaired) electrons. The largest absolute Gasteiger partial charge is 0.411 e. The van der Waals surface area contributed by atoms with Gasteiger partial charge in [0, 0.05) is 6.42 Å². The fourth-order valence-corrected chi connectivity index (χ4v) is 3.97. The van der Waals surface area contributed by atoms with E-state index in [4.69, 9.17) is 9.16 Å². The van der Waals surface area contributed by atoms with Crippen LogP contribution in [0.5, 0.6) is 0 Å². The van der Waals surface area contributed by atoms with Gasteiger partial charge in [0.25, 0.3) is 5.56 Å². The third-order valence-corrected chi connectivity index (χ3v) is 9.78. The SMILES string of the molecule is CC(C)(C)[Si](C)(C)OC1C[C@H](n2cc(F)c(=O)[nH]c2=O)O[C@]1(C)CO. The molecule has 1 aromatic heterocycles. The molecule has 0 spiro atoms. The number of aromatic amines is 1. The Bertz CT molecular complexity index is 754. The lowest BCUT2D eigenvalue weighted by molar-refractivity contribution is -0.114. The van der Waals surface area contributed by atoms with Gasteiger partial charge >= 0.3 is 5.69 Å². The average Bonchev–Trinajstić information content (AvgIpc) is 2.79. The fraction of sp³-hybridized carbons (Fsp3) is 0.750. The Hall–Kier alpha value is -1.29. The Morgan fingerprint density at radius 1 is 1.48 bits per heavy atom. The molecule has 1 aromatic rings. The maximum Gasteiger partial charge on any atom is 0.330 e. The smallest absolute Gasteiger partial charge is 0.330 e. The number of hydrogen-bond acceptors (Lipinski definition) is 5. The molecule has 1 aliphatic rings. The number of aliphatic hydroxyl groups is 1. The highest BCUT2D eigenvalue weighted by Gasteiger charge is 2.51. The molecule has 2 N–H and O–H groups in total. The maximum absolute atomic E-state index is 13.6. The highest BCUT2D eigenvalue weighted by Crippen LogP contribution is 2.44. The Balaban J connectivity index is 2.35. The monoisotopic (exact) mass is 374 g/mol. The topological polar surface area (TPSA) is 93.6 Å². The number of ether oxygens (including phenoxy) is 1.